The van der Waals surface area contributed by atoms with E-state index in [1.54, 1.807) is 25.6 Å². The number of hydrogen-bond acceptors (Lipinski definition) is 3. The molecular weight excluding hydrogens is 256 g/mol. The first-order valence-corrected chi connectivity index (χ1v) is 6.68. The molecule has 1 aliphatic carbocycles. The molecule has 0 aliphatic heterocycles. The number of fused-ring (bicyclic) bond motifs is 1. The molecule has 106 valence electrons. The van der Waals surface area contributed by atoms with Gasteiger partial charge in [-0.15, -0.1) is 0 Å². The summed E-state index contributed by atoms with van der Waals surface area (Å²) in [6, 6.07) is 5.56. The van der Waals surface area contributed by atoms with Gasteiger partial charge in [0.2, 0.25) is 0 Å². The molecule has 20 heavy (non-hydrogen) atoms. The maximum atomic E-state index is 11.2. The van der Waals surface area contributed by atoms with Crippen LogP contribution in [0.1, 0.15) is 36.7 Å². The molecule has 0 saturated heterocycles. The summed E-state index contributed by atoms with van der Waals surface area (Å²) in [6.07, 6.45) is 2.90. The average molecular weight is 274 g/mol. The Morgan fingerprint density at radius 3 is 2.85 bits per heavy atom. The van der Waals surface area contributed by atoms with Gasteiger partial charge in [0.25, 0.3) is 0 Å². The second-order valence-electron chi connectivity index (χ2n) is 5.93. The van der Waals surface area contributed by atoms with E-state index in [4.69, 9.17) is 4.74 Å². The highest BCUT2D eigenvalue weighted by Gasteiger charge is 2.49. The van der Waals surface area contributed by atoms with Gasteiger partial charge in [-0.2, -0.15) is 0 Å². The molecule has 0 spiro atoms. The van der Waals surface area contributed by atoms with Crippen molar-refractivity contribution in [2.75, 3.05) is 7.11 Å². The van der Waals surface area contributed by atoms with Gasteiger partial charge in [-0.05, 0) is 18.6 Å². The van der Waals surface area contributed by atoms with Crippen LogP contribution in [0.4, 0.5) is 0 Å². The number of para-hydroxylation sites is 1. The van der Waals surface area contributed by atoms with Crippen molar-refractivity contribution in [3.63, 3.8) is 0 Å². The molecule has 2 atom stereocenters. The van der Waals surface area contributed by atoms with E-state index >= 15 is 0 Å². The van der Waals surface area contributed by atoms with E-state index < -0.39 is 5.97 Å². The monoisotopic (exact) mass is 274 g/mol. The Balaban J connectivity index is 2.07. The fourth-order valence-electron chi connectivity index (χ4n) is 3.21. The Hall–Kier alpha value is -1.88. The van der Waals surface area contributed by atoms with Gasteiger partial charge in [0.1, 0.15) is 5.52 Å². The molecule has 0 bridgehead atoms. The number of carbonyl (C=O) groups is 1. The summed E-state index contributed by atoms with van der Waals surface area (Å²) in [4.78, 5) is 15.5. The van der Waals surface area contributed by atoms with Crippen LogP contribution in [-0.4, -0.2) is 33.8 Å². The van der Waals surface area contributed by atoms with Crippen molar-refractivity contribution in [3.05, 3.63) is 30.1 Å². The Morgan fingerprint density at radius 1 is 1.50 bits per heavy atom. The molecule has 5 nitrogen and oxygen atoms in total. The van der Waals surface area contributed by atoms with Gasteiger partial charge >= 0.3 is 5.97 Å². The Kier molecular flexibility index (Phi) is 2.83. The number of methoxy groups -OCH3 is 1. The number of aromatic nitrogens is 2. The van der Waals surface area contributed by atoms with Crippen LogP contribution < -0.4 is 0 Å². The van der Waals surface area contributed by atoms with Crippen LogP contribution in [0, 0.1) is 5.41 Å². The van der Waals surface area contributed by atoms with Crippen LogP contribution >= 0.6 is 0 Å². The number of ether oxygens (including phenoxy) is 1. The number of nitrogens with zero attached hydrogens (tertiary/aromatic N) is 2. The van der Waals surface area contributed by atoms with Crippen molar-refractivity contribution in [1.29, 1.82) is 0 Å². The zero-order chi connectivity index (χ0) is 14.5. The number of imidazole rings is 1. The third kappa shape index (κ3) is 1.66. The molecule has 1 aliphatic rings. The van der Waals surface area contributed by atoms with Crippen LogP contribution in [0.25, 0.3) is 11.0 Å². The summed E-state index contributed by atoms with van der Waals surface area (Å²) >= 11 is 0. The van der Waals surface area contributed by atoms with Gasteiger partial charge in [-0.3, -0.25) is 0 Å². The highest BCUT2D eigenvalue weighted by molar-refractivity contribution is 6.00. The van der Waals surface area contributed by atoms with Crippen molar-refractivity contribution in [2.45, 2.75) is 32.4 Å². The van der Waals surface area contributed by atoms with E-state index in [1.807, 2.05) is 6.07 Å². The molecule has 5 heteroatoms. The summed E-state index contributed by atoms with van der Waals surface area (Å²) in [6.45, 7) is 4.34. The lowest BCUT2D eigenvalue weighted by molar-refractivity contribution is -0.111. The van der Waals surface area contributed by atoms with Gasteiger partial charge in [0, 0.05) is 18.6 Å². The number of rotatable bonds is 3. The smallest absolute Gasteiger partial charge is 0.337 e. The average Bonchev–Trinajstić information content (AvgIpc) is 2.81. The van der Waals surface area contributed by atoms with Gasteiger partial charge in [-0.25, -0.2) is 9.78 Å². The SMILES string of the molecule is COC1CC(n2cnc3c(C(=O)O)cccc32)C1(C)C. The normalized spacial score (nSPS) is 24.6. The topological polar surface area (TPSA) is 64.4 Å². The summed E-state index contributed by atoms with van der Waals surface area (Å²) < 4.78 is 7.56. The molecule has 1 aromatic heterocycles. The van der Waals surface area contributed by atoms with Crippen LogP contribution in [0.5, 0.6) is 0 Å². The largest absolute Gasteiger partial charge is 0.478 e. The zero-order valence-electron chi connectivity index (χ0n) is 11.8. The van der Waals surface area contributed by atoms with Crippen molar-refractivity contribution in [1.82, 2.24) is 9.55 Å². The second kappa shape index (κ2) is 4.31. The maximum absolute atomic E-state index is 11.2. The summed E-state index contributed by atoms with van der Waals surface area (Å²) in [5.41, 5.74) is 1.69. The minimum absolute atomic E-state index is 0.0155. The number of carboxylic acid groups (broad SMARTS) is 1. The minimum Gasteiger partial charge on any atom is -0.478 e. The van der Waals surface area contributed by atoms with Gasteiger partial charge < -0.3 is 14.4 Å². The lowest BCUT2D eigenvalue weighted by atomic mass is 9.64. The first kappa shape index (κ1) is 13.1. The van der Waals surface area contributed by atoms with E-state index in [-0.39, 0.29) is 23.1 Å². The second-order valence-corrected chi connectivity index (χ2v) is 5.93. The van der Waals surface area contributed by atoms with Crippen LogP contribution in [0.2, 0.25) is 0 Å². The Labute approximate surface area is 117 Å². The van der Waals surface area contributed by atoms with Crippen molar-refractivity contribution < 1.29 is 14.6 Å². The zero-order valence-corrected chi connectivity index (χ0v) is 11.8. The van der Waals surface area contributed by atoms with Crippen LogP contribution in [0.3, 0.4) is 0 Å². The molecule has 1 heterocycles. The molecule has 3 rings (SSSR count). The minimum atomic E-state index is -0.941. The molecule has 1 N–H and O–H groups in total. The molecule has 0 radical (unpaired) electrons. The number of aromatic carboxylic acids is 1. The van der Waals surface area contributed by atoms with E-state index in [9.17, 15) is 9.90 Å². The number of carboxylic acids is 1. The summed E-state index contributed by atoms with van der Waals surface area (Å²) in [5, 5.41) is 9.22. The molecular formula is C15H18N2O3. The number of benzene rings is 1. The third-order valence-corrected chi connectivity index (χ3v) is 4.58. The first-order valence-electron chi connectivity index (χ1n) is 6.68. The Bertz CT molecular complexity index is 675. The molecule has 1 saturated carbocycles. The fourth-order valence-corrected chi connectivity index (χ4v) is 3.21. The molecule has 1 fully saturated rings. The number of hydrogen-bond donors (Lipinski definition) is 1. The van der Waals surface area contributed by atoms with Crippen molar-refractivity contribution in [2.24, 2.45) is 5.41 Å². The highest BCUT2D eigenvalue weighted by atomic mass is 16.5. The lowest BCUT2D eigenvalue weighted by Crippen LogP contribution is -2.50. The van der Waals surface area contributed by atoms with Gasteiger partial charge in [0.05, 0.1) is 23.5 Å². The Morgan fingerprint density at radius 2 is 2.25 bits per heavy atom. The third-order valence-electron chi connectivity index (χ3n) is 4.58. The molecule has 1 aromatic carbocycles. The van der Waals surface area contributed by atoms with E-state index in [0.717, 1.165) is 11.9 Å². The van der Waals surface area contributed by atoms with Gasteiger partial charge in [-0.1, -0.05) is 19.9 Å². The summed E-state index contributed by atoms with van der Waals surface area (Å²) in [5.74, 6) is -0.941. The van der Waals surface area contributed by atoms with E-state index in [1.165, 1.54) is 0 Å². The molecule has 2 unspecified atom stereocenters. The highest BCUT2D eigenvalue weighted by Crippen LogP contribution is 2.51. The molecule has 2 aromatic rings. The van der Waals surface area contributed by atoms with Crippen LogP contribution in [0.15, 0.2) is 24.5 Å². The quantitative estimate of drug-likeness (QED) is 0.934. The predicted molar refractivity (Wildman–Crippen MR) is 74.9 cm³/mol. The lowest BCUT2D eigenvalue weighted by Gasteiger charge is -2.51. The maximum Gasteiger partial charge on any atom is 0.337 e. The van der Waals surface area contributed by atoms with Gasteiger partial charge in [0.15, 0.2) is 0 Å². The van der Waals surface area contributed by atoms with Crippen LogP contribution in [-0.2, 0) is 4.74 Å². The standard InChI is InChI=1S/C15H18N2O3/c1-15(2)11(7-12(15)20-3)17-8-16-13-9(14(18)19)5-4-6-10(13)17/h4-6,8,11-12H,7H2,1-3H3,(H,18,19). The van der Waals surface area contributed by atoms with E-state index in [0.29, 0.717) is 5.52 Å². The first-order chi connectivity index (χ1) is 9.46. The van der Waals surface area contributed by atoms with Crippen molar-refractivity contribution in [3.8, 4) is 0 Å². The van der Waals surface area contributed by atoms with E-state index in [2.05, 4.69) is 23.4 Å². The van der Waals surface area contributed by atoms with Crippen molar-refractivity contribution >= 4 is 17.0 Å². The summed E-state index contributed by atoms with van der Waals surface area (Å²) in [7, 11) is 1.73. The fraction of sp³-hybridized carbons (Fsp3) is 0.467. The predicted octanol–water partition coefficient (Wildman–Crippen LogP) is 2.72. The molecule has 0 amide bonds.